The van der Waals surface area contributed by atoms with E-state index in [1.807, 2.05) is 24.3 Å². The van der Waals surface area contributed by atoms with E-state index < -0.39 is 0 Å². The van der Waals surface area contributed by atoms with E-state index in [9.17, 15) is 0 Å². The molecule has 0 saturated heterocycles. The lowest BCUT2D eigenvalue weighted by Crippen LogP contribution is -2.30. The number of aromatic nitrogens is 2. The fourth-order valence-corrected chi connectivity index (χ4v) is 4.37. The Bertz CT molecular complexity index is 742. The Labute approximate surface area is 143 Å². The number of hydrogen-bond acceptors (Lipinski definition) is 5. The third kappa shape index (κ3) is 3.32. The lowest BCUT2D eigenvalue weighted by molar-refractivity contribution is 0.535. The zero-order valence-corrected chi connectivity index (χ0v) is 14.9. The van der Waals surface area contributed by atoms with Crippen molar-refractivity contribution in [1.29, 1.82) is 0 Å². The van der Waals surface area contributed by atoms with Gasteiger partial charge in [-0.3, -0.25) is 16.3 Å². The van der Waals surface area contributed by atoms with Crippen molar-refractivity contribution in [2.75, 3.05) is 0 Å². The topological polar surface area (TPSA) is 63.8 Å². The van der Waals surface area contributed by atoms with Crippen LogP contribution in [-0.4, -0.2) is 9.97 Å². The van der Waals surface area contributed by atoms with Gasteiger partial charge in [0.2, 0.25) is 0 Å². The minimum atomic E-state index is -0.0898. The Morgan fingerprint density at radius 1 is 1.29 bits per heavy atom. The molecule has 3 N–H and O–H groups in total. The molecule has 0 aliphatic heterocycles. The van der Waals surface area contributed by atoms with Crippen molar-refractivity contribution >= 4 is 53.4 Å². The monoisotopic (exact) mass is 426 g/mol. The van der Waals surface area contributed by atoms with Crippen LogP contribution in [-0.2, 0) is 6.42 Å². The Morgan fingerprint density at radius 2 is 2.10 bits per heavy atom. The third-order valence-corrected chi connectivity index (χ3v) is 5.21. The molecule has 1 unspecified atom stereocenters. The molecular formula is C14H12Br2N4S. The molecule has 21 heavy (non-hydrogen) atoms. The molecule has 3 rings (SSSR count). The third-order valence-electron chi connectivity index (χ3n) is 3.08. The SMILES string of the molecule is NNC(Cc1nc2ccccc2s1)c1ncc(Br)cc1Br. The summed E-state index contributed by atoms with van der Waals surface area (Å²) in [7, 11) is 0. The summed E-state index contributed by atoms with van der Waals surface area (Å²) < 4.78 is 3.03. The number of benzene rings is 1. The van der Waals surface area contributed by atoms with Gasteiger partial charge in [0.25, 0.3) is 0 Å². The van der Waals surface area contributed by atoms with Gasteiger partial charge in [0.1, 0.15) is 0 Å². The second kappa shape index (κ2) is 6.50. The van der Waals surface area contributed by atoms with E-state index in [1.165, 1.54) is 4.70 Å². The van der Waals surface area contributed by atoms with Gasteiger partial charge in [-0.05, 0) is 50.1 Å². The number of nitrogens with zero attached hydrogens (tertiary/aromatic N) is 2. The first-order chi connectivity index (χ1) is 10.2. The van der Waals surface area contributed by atoms with E-state index in [4.69, 9.17) is 5.84 Å². The Morgan fingerprint density at radius 3 is 2.81 bits per heavy atom. The first kappa shape index (κ1) is 15.1. The molecule has 0 bridgehead atoms. The largest absolute Gasteiger partial charge is 0.271 e. The van der Waals surface area contributed by atoms with E-state index >= 15 is 0 Å². The molecule has 108 valence electrons. The van der Waals surface area contributed by atoms with Gasteiger partial charge in [0, 0.05) is 21.6 Å². The summed E-state index contributed by atoms with van der Waals surface area (Å²) in [6, 6.07) is 9.99. The van der Waals surface area contributed by atoms with E-state index in [2.05, 4.69) is 53.3 Å². The summed E-state index contributed by atoms with van der Waals surface area (Å²) in [5, 5.41) is 1.04. The summed E-state index contributed by atoms with van der Waals surface area (Å²) in [4.78, 5) is 9.08. The molecule has 0 fully saturated rings. The lowest BCUT2D eigenvalue weighted by atomic mass is 10.1. The second-order valence-corrected chi connectivity index (χ2v) is 7.40. The molecule has 3 aromatic rings. The van der Waals surface area contributed by atoms with Gasteiger partial charge in [-0.2, -0.15) is 0 Å². The summed E-state index contributed by atoms with van der Waals surface area (Å²) in [5.41, 5.74) is 4.73. The standard InChI is InChI=1S/C14H12Br2N4S/c15-8-5-9(16)14(18-7-8)11(20-17)6-13-19-10-3-1-2-4-12(10)21-13/h1-5,7,11,20H,6,17H2. The summed E-state index contributed by atoms with van der Waals surface area (Å²) in [6.45, 7) is 0. The van der Waals surface area contributed by atoms with Crippen LogP contribution < -0.4 is 11.3 Å². The molecule has 1 aromatic carbocycles. The number of nitrogens with two attached hydrogens (primary N) is 1. The predicted octanol–water partition coefficient (Wildman–Crippen LogP) is 3.96. The lowest BCUT2D eigenvalue weighted by Gasteiger charge is -2.15. The molecule has 0 saturated carbocycles. The Hall–Kier alpha value is -0.860. The maximum Gasteiger partial charge on any atom is 0.0958 e. The van der Waals surface area contributed by atoms with Crippen LogP contribution in [0.2, 0.25) is 0 Å². The van der Waals surface area contributed by atoms with Crippen molar-refractivity contribution in [3.05, 3.63) is 56.2 Å². The number of rotatable bonds is 4. The average molecular weight is 428 g/mol. The van der Waals surface area contributed by atoms with Gasteiger partial charge in [0.05, 0.1) is 27.0 Å². The van der Waals surface area contributed by atoms with Crippen molar-refractivity contribution in [2.24, 2.45) is 5.84 Å². The molecule has 7 heteroatoms. The van der Waals surface area contributed by atoms with Crippen molar-refractivity contribution in [3.8, 4) is 0 Å². The van der Waals surface area contributed by atoms with Crippen LogP contribution in [0.1, 0.15) is 16.7 Å². The average Bonchev–Trinajstić information content (AvgIpc) is 2.87. The van der Waals surface area contributed by atoms with Gasteiger partial charge in [-0.25, -0.2) is 4.98 Å². The van der Waals surface area contributed by atoms with Crippen LogP contribution in [0.25, 0.3) is 10.2 Å². The van der Waals surface area contributed by atoms with Crippen LogP contribution in [0.5, 0.6) is 0 Å². The van der Waals surface area contributed by atoms with Crippen molar-refractivity contribution in [3.63, 3.8) is 0 Å². The minimum Gasteiger partial charge on any atom is -0.271 e. The Balaban J connectivity index is 1.90. The van der Waals surface area contributed by atoms with Gasteiger partial charge in [0.15, 0.2) is 0 Å². The maximum atomic E-state index is 5.71. The van der Waals surface area contributed by atoms with Gasteiger partial charge < -0.3 is 0 Å². The summed E-state index contributed by atoms with van der Waals surface area (Å²) in [6.07, 6.45) is 2.46. The molecule has 0 amide bonds. The number of pyridine rings is 1. The van der Waals surface area contributed by atoms with Crippen LogP contribution in [0.3, 0.4) is 0 Å². The van der Waals surface area contributed by atoms with Crippen molar-refractivity contribution in [1.82, 2.24) is 15.4 Å². The molecule has 1 atom stereocenters. The van der Waals surface area contributed by atoms with E-state index in [1.54, 1.807) is 17.5 Å². The molecule has 0 aliphatic rings. The van der Waals surface area contributed by atoms with Crippen molar-refractivity contribution in [2.45, 2.75) is 12.5 Å². The predicted molar refractivity (Wildman–Crippen MR) is 93.0 cm³/mol. The highest BCUT2D eigenvalue weighted by Crippen LogP contribution is 2.29. The number of halogens is 2. The molecule has 0 radical (unpaired) electrons. The van der Waals surface area contributed by atoms with Gasteiger partial charge in [-0.1, -0.05) is 12.1 Å². The second-order valence-electron chi connectivity index (χ2n) is 4.52. The number of para-hydroxylation sites is 1. The smallest absolute Gasteiger partial charge is 0.0958 e. The number of hydrazine groups is 1. The van der Waals surface area contributed by atoms with E-state index in [0.29, 0.717) is 6.42 Å². The van der Waals surface area contributed by atoms with Crippen LogP contribution >= 0.6 is 43.2 Å². The normalized spacial score (nSPS) is 12.7. The number of hydrogen-bond donors (Lipinski definition) is 2. The van der Waals surface area contributed by atoms with E-state index in [-0.39, 0.29) is 6.04 Å². The number of nitrogens with one attached hydrogen (secondary N) is 1. The van der Waals surface area contributed by atoms with Gasteiger partial charge >= 0.3 is 0 Å². The van der Waals surface area contributed by atoms with Crippen molar-refractivity contribution < 1.29 is 0 Å². The highest BCUT2D eigenvalue weighted by Gasteiger charge is 2.17. The molecule has 0 spiro atoms. The highest BCUT2D eigenvalue weighted by molar-refractivity contribution is 9.11. The number of fused-ring (bicyclic) bond motifs is 1. The minimum absolute atomic E-state index is 0.0898. The van der Waals surface area contributed by atoms with Crippen LogP contribution in [0.4, 0.5) is 0 Å². The summed E-state index contributed by atoms with van der Waals surface area (Å²) in [5.74, 6) is 5.71. The molecule has 2 aromatic heterocycles. The fourth-order valence-electron chi connectivity index (χ4n) is 2.10. The quantitative estimate of drug-likeness (QED) is 0.488. The molecular weight excluding hydrogens is 416 g/mol. The first-order valence-electron chi connectivity index (χ1n) is 6.29. The maximum absolute atomic E-state index is 5.71. The molecule has 4 nitrogen and oxygen atoms in total. The van der Waals surface area contributed by atoms with Crippen LogP contribution in [0, 0.1) is 0 Å². The van der Waals surface area contributed by atoms with Crippen LogP contribution in [0.15, 0.2) is 45.5 Å². The molecule has 0 aliphatic carbocycles. The Kier molecular flexibility index (Phi) is 4.66. The fraction of sp³-hybridized carbons (Fsp3) is 0.143. The zero-order valence-electron chi connectivity index (χ0n) is 10.9. The first-order valence-corrected chi connectivity index (χ1v) is 8.69. The number of thiazole rings is 1. The molecule has 2 heterocycles. The zero-order chi connectivity index (χ0) is 14.8. The summed E-state index contributed by atoms with van der Waals surface area (Å²) >= 11 is 8.62. The van der Waals surface area contributed by atoms with Gasteiger partial charge in [-0.15, -0.1) is 11.3 Å². The highest BCUT2D eigenvalue weighted by atomic mass is 79.9. The van der Waals surface area contributed by atoms with E-state index in [0.717, 1.165) is 25.2 Å².